The Morgan fingerprint density at radius 2 is 1.79 bits per heavy atom. The van der Waals surface area contributed by atoms with Crippen molar-refractivity contribution in [1.29, 1.82) is 0 Å². The first-order chi connectivity index (χ1) is 6.84. The van der Waals surface area contributed by atoms with Crippen molar-refractivity contribution < 1.29 is 4.39 Å². The Hall–Kier alpha value is -1.09. The molecule has 0 aliphatic carbocycles. The van der Waals surface area contributed by atoms with Crippen LogP contribution in [0.5, 0.6) is 0 Å². The molecule has 0 spiro atoms. The van der Waals surface area contributed by atoms with E-state index in [1.54, 1.807) is 12.1 Å². The van der Waals surface area contributed by atoms with Gasteiger partial charge in [0.15, 0.2) is 0 Å². The van der Waals surface area contributed by atoms with Gasteiger partial charge in [-0.1, -0.05) is 0 Å². The topological polar surface area (TPSA) is 26.1 Å². The van der Waals surface area contributed by atoms with Crippen LogP contribution in [0.4, 0.5) is 10.1 Å². The number of benzene rings is 1. The van der Waals surface area contributed by atoms with Gasteiger partial charge >= 0.3 is 0 Å². The van der Waals surface area contributed by atoms with Crippen molar-refractivity contribution in [3.05, 3.63) is 30.1 Å². The molecule has 0 amide bonds. The minimum absolute atomic E-state index is 0.186. The molecule has 2 rings (SSSR count). The lowest BCUT2D eigenvalue weighted by molar-refractivity contribution is 0.472. The first-order valence-corrected chi connectivity index (χ1v) is 5.00. The Balaban J connectivity index is 1.92. The van der Waals surface area contributed by atoms with E-state index in [0.717, 1.165) is 31.6 Å². The Bertz CT molecular complexity index is 278. The summed E-state index contributed by atoms with van der Waals surface area (Å²) in [7, 11) is 0. The van der Waals surface area contributed by atoms with Gasteiger partial charge < -0.3 is 5.32 Å². The van der Waals surface area contributed by atoms with Crippen LogP contribution < -0.4 is 10.6 Å². The maximum Gasteiger partial charge on any atom is 0.123 e. The maximum absolute atomic E-state index is 12.6. The zero-order valence-corrected chi connectivity index (χ0v) is 8.04. The zero-order chi connectivity index (χ0) is 9.80. The Kier molecular flexibility index (Phi) is 2.99. The van der Waals surface area contributed by atoms with Gasteiger partial charge in [-0.25, -0.2) is 9.71 Å². The van der Waals surface area contributed by atoms with Crippen LogP contribution in [0.1, 0.15) is 12.8 Å². The van der Waals surface area contributed by atoms with E-state index in [4.69, 9.17) is 0 Å². The van der Waals surface area contributed by atoms with Crippen molar-refractivity contribution in [2.75, 3.05) is 18.4 Å². The minimum atomic E-state index is -0.186. The fourth-order valence-corrected chi connectivity index (χ4v) is 1.68. The predicted molar refractivity (Wildman–Crippen MR) is 54.9 cm³/mol. The molecule has 0 unspecified atom stereocenters. The average molecular weight is 193 g/mol. The third kappa shape index (κ3) is 2.45. The van der Waals surface area contributed by atoms with E-state index in [9.17, 15) is 4.39 Å². The average Bonchev–Trinajstić information content (AvgIpc) is 2.23. The highest BCUT2D eigenvalue weighted by Crippen LogP contribution is 2.14. The molecular formula is C11H14FN2. The van der Waals surface area contributed by atoms with E-state index in [1.807, 2.05) is 0 Å². The number of nitrogens with zero attached hydrogens (tertiary/aromatic N) is 1. The molecule has 0 aromatic heterocycles. The van der Waals surface area contributed by atoms with E-state index in [2.05, 4.69) is 10.6 Å². The van der Waals surface area contributed by atoms with Gasteiger partial charge in [-0.2, -0.15) is 0 Å². The Morgan fingerprint density at radius 1 is 1.14 bits per heavy atom. The third-order valence-electron chi connectivity index (χ3n) is 2.49. The van der Waals surface area contributed by atoms with Crippen molar-refractivity contribution in [2.45, 2.75) is 18.9 Å². The summed E-state index contributed by atoms with van der Waals surface area (Å²) in [4.78, 5) is 0. The zero-order valence-electron chi connectivity index (χ0n) is 8.04. The van der Waals surface area contributed by atoms with Crippen molar-refractivity contribution in [3.8, 4) is 0 Å². The first kappa shape index (κ1) is 9.46. The van der Waals surface area contributed by atoms with Crippen LogP contribution in [0.2, 0.25) is 0 Å². The van der Waals surface area contributed by atoms with Crippen LogP contribution in [0.15, 0.2) is 24.3 Å². The minimum Gasteiger partial charge on any atom is -0.382 e. The summed E-state index contributed by atoms with van der Waals surface area (Å²) in [6.07, 6.45) is 2.16. The Labute approximate surface area is 83.5 Å². The fraction of sp³-hybridized carbons (Fsp3) is 0.455. The van der Waals surface area contributed by atoms with Gasteiger partial charge in [-0.15, -0.1) is 0 Å². The number of anilines is 1. The van der Waals surface area contributed by atoms with Gasteiger partial charge in [0.2, 0.25) is 0 Å². The van der Waals surface area contributed by atoms with Gasteiger partial charge in [0.1, 0.15) is 5.82 Å². The fourth-order valence-electron chi connectivity index (χ4n) is 1.68. The molecule has 1 heterocycles. The second kappa shape index (κ2) is 4.42. The third-order valence-corrected chi connectivity index (χ3v) is 2.49. The summed E-state index contributed by atoms with van der Waals surface area (Å²) < 4.78 is 12.6. The molecule has 1 aromatic rings. The molecule has 0 atom stereocenters. The van der Waals surface area contributed by atoms with Crippen LogP contribution in [-0.4, -0.2) is 19.1 Å². The van der Waals surface area contributed by atoms with Crippen LogP contribution in [0.3, 0.4) is 0 Å². The molecule has 1 aliphatic rings. The molecule has 75 valence electrons. The highest BCUT2D eigenvalue weighted by atomic mass is 19.1. The summed E-state index contributed by atoms with van der Waals surface area (Å²) in [6, 6.07) is 7.02. The van der Waals surface area contributed by atoms with Crippen LogP contribution in [-0.2, 0) is 0 Å². The molecule has 1 aromatic carbocycles. The van der Waals surface area contributed by atoms with Crippen molar-refractivity contribution in [1.82, 2.24) is 5.32 Å². The van der Waals surface area contributed by atoms with E-state index < -0.39 is 0 Å². The molecule has 0 saturated carbocycles. The second-order valence-electron chi connectivity index (χ2n) is 3.60. The molecule has 1 N–H and O–H groups in total. The molecule has 3 heteroatoms. The number of rotatable bonds is 2. The second-order valence-corrected chi connectivity index (χ2v) is 3.60. The van der Waals surface area contributed by atoms with Gasteiger partial charge in [0, 0.05) is 24.8 Å². The molecule has 1 saturated heterocycles. The standard InChI is InChI=1S/C11H14FN2/c12-9-1-3-10(4-2-9)14-11-5-7-13-8-6-11/h1-4,11,14H,5-8H2. The molecule has 1 radical (unpaired) electrons. The van der Waals surface area contributed by atoms with Gasteiger partial charge in [-0.3, -0.25) is 0 Å². The van der Waals surface area contributed by atoms with E-state index >= 15 is 0 Å². The van der Waals surface area contributed by atoms with Crippen molar-refractivity contribution >= 4 is 5.69 Å². The quantitative estimate of drug-likeness (QED) is 0.764. The lowest BCUT2D eigenvalue weighted by Gasteiger charge is -2.23. The monoisotopic (exact) mass is 193 g/mol. The van der Waals surface area contributed by atoms with Gasteiger partial charge in [0.25, 0.3) is 0 Å². The highest BCUT2D eigenvalue weighted by Gasteiger charge is 2.12. The summed E-state index contributed by atoms with van der Waals surface area (Å²) in [5.74, 6) is -0.186. The molecular weight excluding hydrogens is 179 g/mol. The number of piperidine rings is 1. The first-order valence-electron chi connectivity index (χ1n) is 5.00. The molecule has 0 bridgehead atoms. The maximum atomic E-state index is 12.6. The van der Waals surface area contributed by atoms with Crippen LogP contribution in [0, 0.1) is 5.82 Å². The summed E-state index contributed by atoms with van der Waals surface area (Å²) >= 11 is 0. The van der Waals surface area contributed by atoms with Crippen molar-refractivity contribution in [3.63, 3.8) is 0 Å². The van der Waals surface area contributed by atoms with E-state index in [0.29, 0.717) is 6.04 Å². The molecule has 2 nitrogen and oxygen atoms in total. The molecule has 1 aliphatic heterocycles. The largest absolute Gasteiger partial charge is 0.382 e. The lowest BCUT2D eigenvalue weighted by atomic mass is 10.1. The van der Waals surface area contributed by atoms with Crippen molar-refractivity contribution in [2.24, 2.45) is 0 Å². The lowest BCUT2D eigenvalue weighted by Crippen LogP contribution is -2.31. The molecule has 14 heavy (non-hydrogen) atoms. The Morgan fingerprint density at radius 3 is 2.43 bits per heavy atom. The van der Waals surface area contributed by atoms with E-state index in [1.165, 1.54) is 12.1 Å². The number of nitrogens with one attached hydrogen (secondary N) is 1. The number of hydrogen-bond acceptors (Lipinski definition) is 1. The normalized spacial score (nSPS) is 18.1. The predicted octanol–water partition coefficient (Wildman–Crippen LogP) is 2.00. The summed E-state index contributed by atoms with van der Waals surface area (Å²) in [5, 5.41) is 7.66. The SMILES string of the molecule is Fc1ccc(NC2CC[N]CC2)cc1. The number of halogens is 1. The molecule has 1 fully saturated rings. The smallest absolute Gasteiger partial charge is 0.123 e. The summed E-state index contributed by atoms with van der Waals surface area (Å²) in [6.45, 7) is 1.89. The van der Waals surface area contributed by atoms with Crippen LogP contribution >= 0.6 is 0 Å². The highest BCUT2D eigenvalue weighted by molar-refractivity contribution is 5.43. The van der Waals surface area contributed by atoms with E-state index in [-0.39, 0.29) is 5.82 Å². The van der Waals surface area contributed by atoms with Gasteiger partial charge in [-0.05, 0) is 37.1 Å². The summed E-state index contributed by atoms with van der Waals surface area (Å²) in [5.41, 5.74) is 0.998. The van der Waals surface area contributed by atoms with Crippen LogP contribution in [0.25, 0.3) is 0 Å². The number of hydrogen-bond donors (Lipinski definition) is 1. The van der Waals surface area contributed by atoms with Gasteiger partial charge in [0.05, 0.1) is 0 Å².